The van der Waals surface area contributed by atoms with Crippen LogP contribution in [-0.2, 0) is 0 Å². The van der Waals surface area contributed by atoms with E-state index >= 15 is 0 Å². The summed E-state index contributed by atoms with van der Waals surface area (Å²) in [6.07, 6.45) is 1.22. The molecule has 1 rings (SSSR count). The van der Waals surface area contributed by atoms with Gasteiger partial charge in [0.05, 0.1) is 0 Å². The molecule has 14 heavy (non-hydrogen) atoms. The van der Waals surface area contributed by atoms with E-state index in [9.17, 15) is 0 Å². The maximum absolute atomic E-state index is 3.42. The first-order chi connectivity index (χ1) is 6.60. The summed E-state index contributed by atoms with van der Waals surface area (Å²) >= 11 is 0. The minimum Gasteiger partial charge on any atom is -0.315 e. The van der Waals surface area contributed by atoms with Gasteiger partial charge in [0.2, 0.25) is 0 Å². The molecule has 1 saturated heterocycles. The number of rotatable bonds is 4. The number of nitrogens with one attached hydrogen (secondary N) is 1. The average molecular weight is 198 g/mol. The fourth-order valence-electron chi connectivity index (χ4n) is 2.55. The van der Waals surface area contributed by atoms with Gasteiger partial charge in [-0.1, -0.05) is 20.8 Å². The maximum Gasteiger partial charge on any atom is 0.0221 e. The summed E-state index contributed by atoms with van der Waals surface area (Å²) < 4.78 is 0. The molecule has 2 nitrogen and oxygen atoms in total. The molecule has 1 aliphatic rings. The SMILES string of the molecule is CCC(NC)C(C)N1CC(C)C(C)C1. The van der Waals surface area contributed by atoms with E-state index in [0.717, 1.165) is 11.8 Å². The Morgan fingerprint density at radius 3 is 2.14 bits per heavy atom. The molecule has 84 valence electrons. The number of hydrogen-bond donors (Lipinski definition) is 1. The summed E-state index contributed by atoms with van der Waals surface area (Å²) in [5, 5.41) is 3.42. The van der Waals surface area contributed by atoms with Crippen molar-refractivity contribution in [3.63, 3.8) is 0 Å². The van der Waals surface area contributed by atoms with Crippen molar-refractivity contribution in [2.45, 2.75) is 46.2 Å². The van der Waals surface area contributed by atoms with Gasteiger partial charge in [0.1, 0.15) is 0 Å². The summed E-state index contributed by atoms with van der Waals surface area (Å²) in [5.74, 6) is 1.73. The zero-order chi connectivity index (χ0) is 10.7. The topological polar surface area (TPSA) is 15.3 Å². The molecule has 1 N–H and O–H groups in total. The predicted octanol–water partition coefficient (Wildman–Crippen LogP) is 1.96. The van der Waals surface area contributed by atoms with Gasteiger partial charge in [0, 0.05) is 25.2 Å². The smallest absolute Gasteiger partial charge is 0.0221 e. The van der Waals surface area contributed by atoms with Crippen LogP contribution in [0.1, 0.15) is 34.1 Å². The first-order valence-electron chi connectivity index (χ1n) is 6.01. The van der Waals surface area contributed by atoms with Gasteiger partial charge < -0.3 is 5.32 Å². The second kappa shape index (κ2) is 5.13. The van der Waals surface area contributed by atoms with Gasteiger partial charge in [-0.05, 0) is 32.2 Å². The molecule has 1 aliphatic heterocycles. The zero-order valence-electron chi connectivity index (χ0n) is 10.4. The first-order valence-corrected chi connectivity index (χ1v) is 6.01. The molecule has 0 spiro atoms. The number of hydrogen-bond acceptors (Lipinski definition) is 2. The van der Waals surface area contributed by atoms with Gasteiger partial charge in [-0.2, -0.15) is 0 Å². The monoisotopic (exact) mass is 198 g/mol. The molecular weight excluding hydrogens is 172 g/mol. The second-order valence-electron chi connectivity index (χ2n) is 4.95. The first kappa shape index (κ1) is 12.0. The lowest BCUT2D eigenvalue weighted by atomic mass is 10.0. The van der Waals surface area contributed by atoms with Crippen molar-refractivity contribution in [1.29, 1.82) is 0 Å². The minimum atomic E-state index is 0.646. The third kappa shape index (κ3) is 2.48. The van der Waals surface area contributed by atoms with Gasteiger partial charge in [-0.3, -0.25) is 4.90 Å². The number of nitrogens with zero attached hydrogens (tertiary/aromatic N) is 1. The lowest BCUT2D eigenvalue weighted by Crippen LogP contribution is -2.46. The Bertz CT molecular complexity index is 156. The molecule has 0 amide bonds. The highest BCUT2D eigenvalue weighted by atomic mass is 15.2. The largest absolute Gasteiger partial charge is 0.315 e. The predicted molar refractivity (Wildman–Crippen MR) is 62.5 cm³/mol. The Balaban J connectivity index is 2.49. The lowest BCUT2D eigenvalue weighted by Gasteiger charge is -2.31. The minimum absolute atomic E-state index is 0.646. The summed E-state index contributed by atoms with van der Waals surface area (Å²) in [6.45, 7) is 11.9. The van der Waals surface area contributed by atoms with Crippen molar-refractivity contribution in [2.24, 2.45) is 11.8 Å². The average Bonchev–Trinajstić information content (AvgIpc) is 2.49. The number of likely N-dealkylation sites (N-methyl/N-ethyl adjacent to an activating group) is 1. The van der Waals surface area contributed by atoms with E-state index in [-0.39, 0.29) is 0 Å². The molecule has 0 aromatic carbocycles. The van der Waals surface area contributed by atoms with E-state index < -0.39 is 0 Å². The van der Waals surface area contributed by atoms with Crippen LogP contribution >= 0.6 is 0 Å². The van der Waals surface area contributed by atoms with E-state index in [0.29, 0.717) is 12.1 Å². The Morgan fingerprint density at radius 2 is 1.79 bits per heavy atom. The molecule has 2 heteroatoms. The molecule has 0 bridgehead atoms. The maximum atomic E-state index is 3.42. The van der Waals surface area contributed by atoms with Crippen molar-refractivity contribution in [1.82, 2.24) is 10.2 Å². The fourth-order valence-corrected chi connectivity index (χ4v) is 2.55. The van der Waals surface area contributed by atoms with Gasteiger partial charge in [0.25, 0.3) is 0 Å². The van der Waals surface area contributed by atoms with Crippen LogP contribution in [0, 0.1) is 11.8 Å². The molecule has 0 saturated carbocycles. The summed E-state index contributed by atoms with van der Waals surface area (Å²) in [7, 11) is 2.08. The van der Waals surface area contributed by atoms with Crippen molar-refractivity contribution < 1.29 is 0 Å². The normalized spacial score (nSPS) is 33.2. The Kier molecular flexibility index (Phi) is 4.39. The molecule has 0 aromatic heterocycles. The molecule has 1 heterocycles. The van der Waals surface area contributed by atoms with Crippen LogP contribution in [-0.4, -0.2) is 37.1 Å². The highest BCUT2D eigenvalue weighted by Gasteiger charge is 2.31. The Hall–Kier alpha value is -0.0800. The third-order valence-electron chi connectivity index (χ3n) is 3.99. The van der Waals surface area contributed by atoms with Gasteiger partial charge in [-0.25, -0.2) is 0 Å². The Labute approximate surface area is 89.1 Å². The third-order valence-corrected chi connectivity index (χ3v) is 3.99. The van der Waals surface area contributed by atoms with E-state index in [4.69, 9.17) is 0 Å². The van der Waals surface area contributed by atoms with E-state index in [1.54, 1.807) is 0 Å². The molecule has 1 fully saturated rings. The summed E-state index contributed by atoms with van der Waals surface area (Å²) in [5.41, 5.74) is 0. The van der Waals surface area contributed by atoms with Crippen molar-refractivity contribution >= 4 is 0 Å². The van der Waals surface area contributed by atoms with Crippen LogP contribution in [0.4, 0.5) is 0 Å². The van der Waals surface area contributed by atoms with Gasteiger partial charge in [-0.15, -0.1) is 0 Å². The van der Waals surface area contributed by atoms with Gasteiger partial charge >= 0.3 is 0 Å². The van der Waals surface area contributed by atoms with Crippen LogP contribution in [0.25, 0.3) is 0 Å². The Morgan fingerprint density at radius 1 is 1.29 bits per heavy atom. The highest BCUT2D eigenvalue weighted by Crippen LogP contribution is 2.25. The number of likely N-dealkylation sites (tertiary alicyclic amines) is 1. The van der Waals surface area contributed by atoms with Crippen LogP contribution in [0.15, 0.2) is 0 Å². The lowest BCUT2D eigenvalue weighted by molar-refractivity contribution is 0.199. The van der Waals surface area contributed by atoms with Gasteiger partial charge in [0.15, 0.2) is 0 Å². The van der Waals surface area contributed by atoms with E-state index in [1.165, 1.54) is 19.5 Å². The quantitative estimate of drug-likeness (QED) is 0.743. The van der Waals surface area contributed by atoms with Crippen molar-refractivity contribution in [3.8, 4) is 0 Å². The zero-order valence-corrected chi connectivity index (χ0v) is 10.4. The molecular formula is C12H26N2. The standard InChI is InChI=1S/C12H26N2/c1-6-12(13-5)11(4)14-7-9(2)10(3)8-14/h9-13H,6-8H2,1-5H3. The van der Waals surface area contributed by atoms with E-state index in [1.807, 2.05) is 0 Å². The molecule has 0 radical (unpaired) electrons. The fraction of sp³-hybridized carbons (Fsp3) is 1.00. The van der Waals surface area contributed by atoms with Crippen LogP contribution < -0.4 is 5.32 Å². The highest BCUT2D eigenvalue weighted by molar-refractivity contribution is 4.86. The van der Waals surface area contributed by atoms with Crippen LogP contribution in [0.5, 0.6) is 0 Å². The second-order valence-corrected chi connectivity index (χ2v) is 4.95. The molecule has 4 unspecified atom stereocenters. The van der Waals surface area contributed by atoms with Crippen LogP contribution in [0.3, 0.4) is 0 Å². The van der Waals surface area contributed by atoms with E-state index in [2.05, 4.69) is 45.0 Å². The van der Waals surface area contributed by atoms with Crippen molar-refractivity contribution in [2.75, 3.05) is 20.1 Å². The van der Waals surface area contributed by atoms with Crippen molar-refractivity contribution in [3.05, 3.63) is 0 Å². The molecule has 0 aliphatic carbocycles. The van der Waals surface area contributed by atoms with Crippen LogP contribution in [0.2, 0.25) is 0 Å². The molecule has 4 atom stereocenters. The summed E-state index contributed by atoms with van der Waals surface area (Å²) in [6, 6.07) is 1.32. The molecule has 0 aromatic rings. The summed E-state index contributed by atoms with van der Waals surface area (Å²) in [4.78, 5) is 2.64.